The van der Waals surface area contributed by atoms with Crippen LogP contribution in [0, 0.1) is 5.92 Å². The minimum Gasteiger partial charge on any atom is -0.372 e. The number of nitrogens with one attached hydrogen (secondary N) is 2. The molecule has 1 aliphatic heterocycles. The molecule has 126 valence electrons. The highest BCUT2D eigenvalue weighted by Crippen LogP contribution is 2.25. The topological polar surface area (TPSA) is 57.3 Å². The van der Waals surface area contributed by atoms with Gasteiger partial charge < -0.3 is 15.5 Å². The summed E-state index contributed by atoms with van der Waals surface area (Å²) in [6.45, 7) is 6.09. The van der Waals surface area contributed by atoms with Crippen molar-refractivity contribution in [3.63, 3.8) is 0 Å². The average Bonchev–Trinajstić information content (AvgIpc) is 2.58. The van der Waals surface area contributed by atoms with Crippen molar-refractivity contribution in [1.29, 1.82) is 0 Å². The molecule has 0 radical (unpaired) electrons. The van der Waals surface area contributed by atoms with Gasteiger partial charge in [0, 0.05) is 31.4 Å². The second-order valence-electron chi connectivity index (χ2n) is 6.45. The Morgan fingerprint density at radius 2 is 1.75 bits per heavy atom. The normalized spacial score (nSPS) is 15.2. The largest absolute Gasteiger partial charge is 0.372 e. The lowest BCUT2D eigenvalue weighted by molar-refractivity contribution is -0.114. The van der Waals surface area contributed by atoms with Crippen LogP contribution in [0.4, 0.5) is 22.9 Å². The lowest BCUT2D eigenvalue weighted by Crippen LogP contribution is -2.32. The molecule has 2 N–H and O–H groups in total. The fourth-order valence-electron chi connectivity index (χ4n) is 2.92. The number of nitrogens with zero attached hydrogens (tertiary/aromatic N) is 2. The first kappa shape index (κ1) is 16.3. The van der Waals surface area contributed by atoms with E-state index in [1.807, 2.05) is 12.1 Å². The van der Waals surface area contributed by atoms with E-state index in [0.717, 1.165) is 30.5 Å². The van der Waals surface area contributed by atoms with Crippen molar-refractivity contribution in [3.05, 3.63) is 42.6 Å². The Bertz CT molecular complexity index is 674. The SMILES string of the molecule is CC(=O)Nc1ccc(Nc2ccc(N3CCC(C)CC3)cc2)nc1. The van der Waals surface area contributed by atoms with Crippen LogP contribution in [0.3, 0.4) is 0 Å². The van der Waals surface area contributed by atoms with Crippen molar-refractivity contribution >= 4 is 28.8 Å². The minimum absolute atomic E-state index is 0.0970. The molecule has 1 amide bonds. The second kappa shape index (κ2) is 7.34. The van der Waals surface area contributed by atoms with Crippen LogP contribution in [0.5, 0.6) is 0 Å². The van der Waals surface area contributed by atoms with E-state index in [9.17, 15) is 4.79 Å². The Morgan fingerprint density at radius 3 is 2.33 bits per heavy atom. The first-order valence-corrected chi connectivity index (χ1v) is 8.46. The molecule has 5 nitrogen and oxygen atoms in total. The quantitative estimate of drug-likeness (QED) is 0.892. The van der Waals surface area contributed by atoms with E-state index in [0.29, 0.717) is 5.69 Å². The zero-order valence-corrected chi connectivity index (χ0v) is 14.2. The Hall–Kier alpha value is -2.56. The van der Waals surface area contributed by atoms with Crippen LogP contribution in [0.2, 0.25) is 0 Å². The minimum atomic E-state index is -0.0970. The first-order valence-electron chi connectivity index (χ1n) is 8.46. The number of rotatable bonds is 4. The third-order valence-corrected chi connectivity index (χ3v) is 4.37. The Kier molecular flexibility index (Phi) is 4.99. The Balaban J connectivity index is 1.60. The number of anilines is 4. The van der Waals surface area contributed by atoms with E-state index in [1.54, 1.807) is 6.20 Å². The van der Waals surface area contributed by atoms with Gasteiger partial charge in [0.25, 0.3) is 0 Å². The summed E-state index contributed by atoms with van der Waals surface area (Å²) in [5.41, 5.74) is 2.98. The predicted octanol–water partition coefficient (Wildman–Crippen LogP) is 4.02. The molecule has 0 unspecified atom stereocenters. The lowest BCUT2D eigenvalue weighted by Gasteiger charge is -2.32. The average molecular weight is 324 g/mol. The monoisotopic (exact) mass is 324 g/mol. The molecule has 2 heterocycles. The number of carbonyl (C=O) groups excluding carboxylic acids is 1. The molecule has 5 heteroatoms. The maximum Gasteiger partial charge on any atom is 0.221 e. The molecule has 1 aromatic heterocycles. The molecular weight excluding hydrogens is 300 g/mol. The number of aromatic nitrogens is 1. The lowest BCUT2D eigenvalue weighted by atomic mass is 9.99. The highest BCUT2D eigenvalue weighted by atomic mass is 16.1. The van der Waals surface area contributed by atoms with Gasteiger partial charge in [0.2, 0.25) is 5.91 Å². The van der Waals surface area contributed by atoms with Crippen LogP contribution in [0.25, 0.3) is 0 Å². The number of carbonyl (C=O) groups is 1. The molecule has 0 bridgehead atoms. The predicted molar refractivity (Wildman–Crippen MR) is 98.9 cm³/mol. The molecule has 1 aromatic carbocycles. The first-order chi connectivity index (χ1) is 11.6. The molecule has 2 aromatic rings. The molecule has 0 aliphatic carbocycles. The van der Waals surface area contributed by atoms with Crippen LogP contribution in [0.1, 0.15) is 26.7 Å². The summed E-state index contributed by atoms with van der Waals surface area (Å²) < 4.78 is 0. The maximum atomic E-state index is 11.0. The van der Waals surface area contributed by atoms with Gasteiger partial charge >= 0.3 is 0 Å². The van der Waals surface area contributed by atoms with Crippen LogP contribution in [-0.2, 0) is 4.79 Å². The van der Waals surface area contributed by atoms with Gasteiger partial charge in [0.15, 0.2) is 0 Å². The van der Waals surface area contributed by atoms with E-state index < -0.39 is 0 Å². The van der Waals surface area contributed by atoms with Gasteiger partial charge in [-0.05, 0) is 55.2 Å². The summed E-state index contributed by atoms with van der Waals surface area (Å²) in [5.74, 6) is 1.50. The van der Waals surface area contributed by atoms with Crippen LogP contribution in [0.15, 0.2) is 42.6 Å². The number of hydrogen-bond acceptors (Lipinski definition) is 4. The number of hydrogen-bond donors (Lipinski definition) is 2. The highest BCUT2D eigenvalue weighted by Gasteiger charge is 2.15. The van der Waals surface area contributed by atoms with Crippen molar-refractivity contribution in [2.75, 3.05) is 28.6 Å². The van der Waals surface area contributed by atoms with Crippen LogP contribution >= 0.6 is 0 Å². The number of benzene rings is 1. The molecule has 0 spiro atoms. The molecular formula is C19H24N4O. The van der Waals surface area contributed by atoms with Crippen molar-refractivity contribution in [2.24, 2.45) is 5.92 Å². The van der Waals surface area contributed by atoms with Crippen molar-refractivity contribution in [3.8, 4) is 0 Å². The van der Waals surface area contributed by atoms with Crippen molar-refractivity contribution in [2.45, 2.75) is 26.7 Å². The zero-order valence-electron chi connectivity index (χ0n) is 14.2. The smallest absolute Gasteiger partial charge is 0.221 e. The van der Waals surface area contributed by atoms with Crippen LogP contribution in [-0.4, -0.2) is 24.0 Å². The maximum absolute atomic E-state index is 11.0. The third-order valence-electron chi connectivity index (χ3n) is 4.37. The number of amides is 1. The summed E-state index contributed by atoms with van der Waals surface area (Å²) in [4.78, 5) is 17.8. The van der Waals surface area contributed by atoms with E-state index in [4.69, 9.17) is 0 Å². The molecule has 1 aliphatic rings. The molecule has 1 fully saturated rings. The number of pyridine rings is 1. The van der Waals surface area contributed by atoms with Crippen LogP contribution < -0.4 is 15.5 Å². The molecule has 24 heavy (non-hydrogen) atoms. The van der Waals surface area contributed by atoms with E-state index in [-0.39, 0.29) is 5.91 Å². The fourth-order valence-corrected chi connectivity index (χ4v) is 2.92. The van der Waals surface area contributed by atoms with E-state index >= 15 is 0 Å². The van der Waals surface area contributed by atoms with Gasteiger partial charge in [-0.25, -0.2) is 4.98 Å². The molecule has 0 atom stereocenters. The Labute approximate surface area is 143 Å². The standard InChI is InChI=1S/C19H24N4O/c1-14-9-11-23(12-10-14)18-6-3-16(4-7-18)22-19-8-5-17(13-20-19)21-15(2)24/h3-8,13-14H,9-12H2,1-2H3,(H,20,22)(H,21,24). The van der Waals surface area contributed by atoms with E-state index in [1.165, 1.54) is 25.5 Å². The number of piperidine rings is 1. The van der Waals surface area contributed by atoms with Gasteiger partial charge in [-0.1, -0.05) is 6.92 Å². The Morgan fingerprint density at radius 1 is 1.08 bits per heavy atom. The van der Waals surface area contributed by atoms with Crippen molar-refractivity contribution < 1.29 is 4.79 Å². The third kappa shape index (κ3) is 4.25. The summed E-state index contributed by atoms with van der Waals surface area (Å²) in [6.07, 6.45) is 4.18. The molecule has 0 saturated carbocycles. The van der Waals surface area contributed by atoms with Gasteiger partial charge in [0.05, 0.1) is 11.9 Å². The summed E-state index contributed by atoms with van der Waals surface area (Å²) >= 11 is 0. The second-order valence-corrected chi connectivity index (χ2v) is 6.45. The molecule has 3 rings (SSSR count). The summed E-state index contributed by atoms with van der Waals surface area (Å²) in [5, 5.41) is 5.99. The van der Waals surface area contributed by atoms with Gasteiger partial charge in [-0.15, -0.1) is 0 Å². The summed E-state index contributed by atoms with van der Waals surface area (Å²) in [6, 6.07) is 12.2. The van der Waals surface area contributed by atoms with Gasteiger partial charge in [0.1, 0.15) is 5.82 Å². The molecule has 1 saturated heterocycles. The highest BCUT2D eigenvalue weighted by molar-refractivity contribution is 5.88. The van der Waals surface area contributed by atoms with Gasteiger partial charge in [-0.2, -0.15) is 0 Å². The fraction of sp³-hybridized carbons (Fsp3) is 0.368. The van der Waals surface area contributed by atoms with Crippen molar-refractivity contribution in [1.82, 2.24) is 4.98 Å². The van der Waals surface area contributed by atoms with E-state index in [2.05, 4.69) is 51.7 Å². The zero-order chi connectivity index (χ0) is 16.9. The summed E-state index contributed by atoms with van der Waals surface area (Å²) in [7, 11) is 0. The van der Waals surface area contributed by atoms with Gasteiger partial charge in [-0.3, -0.25) is 4.79 Å².